The predicted molar refractivity (Wildman–Crippen MR) is 163 cm³/mol. The molecule has 1 aliphatic heterocycles. The van der Waals surface area contributed by atoms with Gasteiger partial charge < -0.3 is 24.8 Å². The number of ether oxygens (including phenoxy) is 2. The fourth-order valence-electron chi connectivity index (χ4n) is 5.61. The van der Waals surface area contributed by atoms with Crippen molar-refractivity contribution in [3.8, 4) is 5.75 Å². The Morgan fingerprint density at radius 2 is 1.90 bits per heavy atom. The van der Waals surface area contributed by atoms with Crippen molar-refractivity contribution in [2.75, 3.05) is 38.2 Å². The summed E-state index contributed by atoms with van der Waals surface area (Å²) >= 11 is 0. The Hall–Kier alpha value is -2.16. The molecule has 0 spiro atoms. The number of hydrogen-bond acceptors (Lipinski definition) is 6. The van der Waals surface area contributed by atoms with Gasteiger partial charge in [0.05, 0.1) is 24.9 Å². The number of aryl methyl sites for hydroxylation is 1. The summed E-state index contributed by atoms with van der Waals surface area (Å²) in [6, 6.07) is 14.9. The first-order chi connectivity index (χ1) is 18.6. The summed E-state index contributed by atoms with van der Waals surface area (Å²) in [4.78, 5) is 17.7. The first kappa shape index (κ1) is 32.4. The molecule has 2 aromatic carbocycles. The third-order valence-electron chi connectivity index (χ3n) is 7.84. The highest BCUT2D eigenvalue weighted by atomic mass is 35.5. The first-order valence-electron chi connectivity index (χ1n) is 14.5. The second kappa shape index (κ2) is 14.6. The summed E-state index contributed by atoms with van der Waals surface area (Å²) in [6.45, 7) is 12.7. The maximum absolute atomic E-state index is 13.4. The monoisotopic (exact) mass is 573 g/mol. The maximum atomic E-state index is 13.4. The molecule has 1 saturated carbocycles. The first-order valence-corrected chi connectivity index (χ1v) is 14.5. The Morgan fingerprint density at radius 3 is 2.58 bits per heavy atom. The maximum Gasteiger partial charge on any atom is 0.229 e. The van der Waals surface area contributed by atoms with Gasteiger partial charge in [0.2, 0.25) is 5.91 Å². The molecule has 4 rings (SSSR count). The topological polar surface area (TPSA) is 74.3 Å². The van der Waals surface area contributed by atoms with E-state index in [4.69, 9.17) is 9.47 Å². The standard InChI is InChI=1S/C32H47N3O4.ClH/c1-23-17-28(12-9-27(23)20-35-16-15-33-24(2)19-35)34(5)31(36)26-10-13-29(14-11-26)39-30-8-6-7-25(18-30)21-38-22-32(3,4)37;/h6-9,12,17-18,24,26,29,33,37H,10-11,13-16,19-22H2,1-5H3;1H/t24-,26?,29?;/m0./s1. The molecule has 0 bridgehead atoms. The molecule has 2 N–H and O–H groups in total. The molecule has 1 atom stereocenters. The van der Waals surface area contributed by atoms with Crippen molar-refractivity contribution in [2.24, 2.45) is 5.92 Å². The molecule has 2 aromatic rings. The Labute approximate surface area is 246 Å². The lowest BCUT2D eigenvalue weighted by molar-refractivity contribution is -0.123. The second-order valence-corrected chi connectivity index (χ2v) is 12.1. The number of nitrogens with one attached hydrogen (secondary N) is 1. The molecule has 0 unspecified atom stereocenters. The number of amides is 1. The lowest BCUT2D eigenvalue weighted by Gasteiger charge is -2.32. The normalized spacial score (nSPS) is 21.9. The number of piperazine rings is 1. The van der Waals surface area contributed by atoms with Gasteiger partial charge in [-0.25, -0.2) is 0 Å². The fraction of sp³-hybridized carbons (Fsp3) is 0.594. The summed E-state index contributed by atoms with van der Waals surface area (Å²) in [5, 5.41) is 13.3. The summed E-state index contributed by atoms with van der Waals surface area (Å²) in [5.74, 6) is 1.05. The smallest absolute Gasteiger partial charge is 0.229 e. The highest BCUT2D eigenvalue weighted by Gasteiger charge is 2.30. The van der Waals surface area contributed by atoms with E-state index in [0.717, 1.165) is 68.9 Å². The zero-order valence-corrected chi connectivity index (χ0v) is 25.6. The van der Waals surface area contributed by atoms with E-state index in [1.165, 1.54) is 11.1 Å². The van der Waals surface area contributed by atoms with Crippen molar-refractivity contribution in [1.29, 1.82) is 0 Å². The van der Waals surface area contributed by atoms with Crippen LogP contribution in [0.15, 0.2) is 42.5 Å². The van der Waals surface area contributed by atoms with Gasteiger partial charge in [0.15, 0.2) is 0 Å². The van der Waals surface area contributed by atoms with E-state index in [1.54, 1.807) is 13.8 Å². The minimum atomic E-state index is -0.843. The van der Waals surface area contributed by atoms with Gasteiger partial charge in [0, 0.05) is 50.9 Å². The number of rotatable bonds is 10. The van der Waals surface area contributed by atoms with Crippen molar-refractivity contribution < 1.29 is 19.4 Å². The van der Waals surface area contributed by atoms with Crippen LogP contribution < -0.4 is 15.0 Å². The molecule has 1 saturated heterocycles. The van der Waals surface area contributed by atoms with E-state index >= 15 is 0 Å². The Balaban J connectivity index is 0.00000441. The zero-order chi connectivity index (χ0) is 28.0. The van der Waals surface area contributed by atoms with E-state index < -0.39 is 5.60 Å². The summed E-state index contributed by atoms with van der Waals surface area (Å²) in [7, 11) is 1.91. The molecule has 0 aromatic heterocycles. The molecule has 7 nitrogen and oxygen atoms in total. The number of carbonyl (C=O) groups excluding carboxylic acids is 1. The minimum absolute atomic E-state index is 0. The summed E-state index contributed by atoms with van der Waals surface area (Å²) in [6.07, 6.45) is 3.51. The molecule has 1 heterocycles. The molecule has 8 heteroatoms. The van der Waals surface area contributed by atoms with Crippen LogP contribution in [0.25, 0.3) is 0 Å². The third-order valence-corrected chi connectivity index (χ3v) is 7.84. The minimum Gasteiger partial charge on any atom is -0.490 e. The van der Waals surface area contributed by atoms with E-state index in [9.17, 15) is 9.90 Å². The van der Waals surface area contributed by atoms with Crippen LogP contribution in [0, 0.1) is 12.8 Å². The van der Waals surface area contributed by atoms with Crippen LogP contribution in [-0.4, -0.2) is 66.9 Å². The highest BCUT2D eigenvalue weighted by Crippen LogP contribution is 2.31. The lowest BCUT2D eigenvalue weighted by atomic mass is 9.86. The van der Waals surface area contributed by atoms with Gasteiger partial charge in [-0.15, -0.1) is 12.4 Å². The molecular formula is C32H48ClN3O4. The van der Waals surface area contributed by atoms with Gasteiger partial charge in [0.1, 0.15) is 5.75 Å². The van der Waals surface area contributed by atoms with Gasteiger partial charge in [-0.2, -0.15) is 0 Å². The van der Waals surface area contributed by atoms with Crippen LogP contribution in [0.3, 0.4) is 0 Å². The van der Waals surface area contributed by atoms with Crippen LogP contribution in [0.4, 0.5) is 5.69 Å². The van der Waals surface area contributed by atoms with E-state index in [-0.39, 0.29) is 36.9 Å². The average molecular weight is 574 g/mol. The number of halogens is 1. The van der Waals surface area contributed by atoms with Crippen LogP contribution >= 0.6 is 12.4 Å². The average Bonchev–Trinajstić information content (AvgIpc) is 2.89. The van der Waals surface area contributed by atoms with Gasteiger partial charge >= 0.3 is 0 Å². The molecule has 1 aliphatic carbocycles. The second-order valence-electron chi connectivity index (χ2n) is 12.1. The number of benzene rings is 2. The van der Waals surface area contributed by atoms with Crippen molar-refractivity contribution in [1.82, 2.24) is 10.2 Å². The molecule has 2 aliphatic rings. The fourth-order valence-corrected chi connectivity index (χ4v) is 5.61. The number of carbonyl (C=O) groups is 1. The van der Waals surface area contributed by atoms with Crippen molar-refractivity contribution in [3.63, 3.8) is 0 Å². The van der Waals surface area contributed by atoms with Gasteiger partial charge in [-0.05, 0) is 94.3 Å². The van der Waals surface area contributed by atoms with E-state index in [1.807, 2.05) is 36.2 Å². The van der Waals surface area contributed by atoms with Crippen molar-refractivity contribution in [3.05, 3.63) is 59.2 Å². The number of nitrogens with zero attached hydrogens (tertiary/aromatic N) is 2. The van der Waals surface area contributed by atoms with Gasteiger partial charge in [-0.3, -0.25) is 9.69 Å². The SMILES string of the molecule is Cc1cc(N(C)C(=O)C2CCC(Oc3cccc(COCC(C)(C)O)c3)CC2)ccc1CN1CCN[C@@H](C)C1.Cl. The van der Waals surface area contributed by atoms with Crippen molar-refractivity contribution >= 4 is 24.0 Å². The Kier molecular flexibility index (Phi) is 11.8. The molecule has 0 radical (unpaired) electrons. The molecule has 2 fully saturated rings. The van der Waals surface area contributed by atoms with Crippen LogP contribution in [-0.2, 0) is 22.7 Å². The van der Waals surface area contributed by atoms with Crippen molar-refractivity contribution in [2.45, 2.75) is 84.3 Å². The quantitative estimate of drug-likeness (QED) is 0.412. The summed E-state index contributed by atoms with van der Waals surface area (Å²) < 4.78 is 11.9. The van der Waals surface area contributed by atoms with Crippen LogP contribution in [0.1, 0.15) is 63.1 Å². The van der Waals surface area contributed by atoms with Gasteiger partial charge in [0.25, 0.3) is 0 Å². The largest absolute Gasteiger partial charge is 0.490 e. The van der Waals surface area contributed by atoms with E-state index in [0.29, 0.717) is 12.6 Å². The van der Waals surface area contributed by atoms with E-state index in [2.05, 4.69) is 42.3 Å². The predicted octanol–water partition coefficient (Wildman–Crippen LogP) is 5.10. The number of aliphatic hydroxyl groups is 1. The number of hydrogen-bond donors (Lipinski definition) is 2. The molecule has 1 amide bonds. The highest BCUT2D eigenvalue weighted by molar-refractivity contribution is 5.94. The zero-order valence-electron chi connectivity index (χ0n) is 24.8. The third kappa shape index (κ3) is 9.45. The van der Waals surface area contributed by atoms with Gasteiger partial charge in [-0.1, -0.05) is 18.2 Å². The molecule has 222 valence electrons. The van der Waals surface area contributed by atoms with Crippen LogP contribution in [0.5, 0.6) is 5.75 Å². The lowest BCUT2D eigenvalue weighted by Crippen LogP contribution is -2.48. The Bertz CT molecular complexity index is 1100. The number of anilines is 1. The Morgan fingerprint density at radius 1 is 1.15 bits per heavy atom. The molecule has 40 heavy (non-hydrogen) atoms. The summed E-state index contributed by atoms with van der Waals surface area (Å²) in [5.41, 5.74) is 3.72. The van der Waals surface area contributed by atoms with Crippen LogP contribution in [0.2, 0.25) is 0 Å². The molecular weight excluding hydrogens is 526 g/mol.